The van der Waals surface area contributed by atoms with E-state index >= 15 is 0 Å². The number of hydrogen-bond acceptors (Lipinski definition) is 2. The number of alkyl halides is 1. The smallest absolute Gasteiger partial charge is 0.123 e. The van der Waals surface area contributed by atoms with Gasteiger partial charge in [-0.05, 0) is 43.9 Å². The third-order valence-electron chi connectivity index (χ3n) is 3.12. The molecule has 18 heavy (non-hydrogen) atoms. The number of hydrogen-bond donors (Lipinski definition) is 0. The van der Waals surface area contributed by atoms with E-state index in [9.17, 15) is 4.39 Å². The van der Waals surface area contributed by atoms with Gasteiger partial charge < -0.3 is 9.47 Å². The highest BCUT2D eigenvalue weighted by molar-refractivity contribution is 9.08. The van der Waals surface area contributed by atoms with Crippen LogP contribution in [0.4, 0.5) is 4.39 Å². The predicted molar refractivity (Wildman–Crippen MR) is 72.7 cm³/mol. The van der Waals surface area contributed by atoms with Crippen LogP contribution in [-0.2, 0) is 10.1 Å². The molecule has 0 aliphatic carbocycles. The van der Waals surface area contributed by atoms with Crippen molar-refractivity contribution in [2.75, 3.05) is 13.2 Å². The second-order valence-electron chi connectivity index (χ2n) is 4.51. The van der Waals surface area contributed by atoms with Crippen LogP contribution in [0.15, 0.2) is 18.2 Å². The van der Waals surface area contributed by atoms with Gasteiger partial charge in [-0.25, -0.2) is 4.39 Å². The molecule has 1 unspecified atom stereocenters. The summed E-state index contributed by atoms with van der Waals surface area (Å²) in [5, 5.41) is 0.603. The van der Waals surface area contributed by atoms with E-state index < -0.39 is 0 Å². The molecule has 1 aromatic carbocycles. The van der Waals surface area contributed by atoms with Crippen LogP contribution < -0.4 is 4.74 Å². The molecule has 0 radical (unpaired) electrons. The van der Waals surface area contributed by atoms with Gasteiger partial charge in [0, 0.05) is 17.5 Å². The molecule has 100 valence electrons. The van der Waals surface area contributed by atoms with Gasteiger partial charge in [-0.15, -0.1) is 0 Å². The maximum atomic E-state index is 13.0. The zero-order valence-electron chi connectivity index (χ0n) is 10.3. The molecule has 0 saturated carbocycles. The summed E-state index contributed by atoms with van der Waals surface area (Å²) in [7, 11) is 0. The van der Waals surface area contributed by atoms with E-state index in [1.807, 2.05) is 0 Å². The highest BCUT2D eigenvalue weighted by atomic mass is 79.9. The van der Waals surface area contributed by atoms with E-state index in [1.54, 1.807) is 6.07 Å². The van der Waals surface area contributed by atoms with Crippen LogP contribution in [0, 0.1) is 5.82 Å². The normalized spacial score (nSPS) is 19.1. The predicted octanol–water partition coefficient (Wildman–Crippen LogP) is 4.06. The molecule has 2 nitrogen and oxygen atoms in total. The lowest BCUT2D eigenvalue weighted by Crippen LogP contribution is -2.08. The highest BCUT2D eigenvalue weighted by Crippen LogP contribution is 2.23. The van der Waals surface area contributed by atoms with Gasteiger partial charge >= 0.3 is 0 Å². The summed E-state index contributed by atoms with van der Waals surface area (Å²) >= 11 is 3.34. The van der Waals surface area contributed by atoms with E-state index in [4.69, 9.17) is 9.47 Å². The molecule has 1 atom stereocenters. The second-order valence-corrected chi connectivity index (χ2v) is 5.07. The Kier molecular flexibility index (Phi) is 5.45. The number of ether oxygens (including phenoxy) is 2. The van der Waals surface area contributed by atoms with Gasteiger partial charge in [-0.3, -0.25) is 0 Å². The number of rotatable bonds is 6. The molecular weight excluding hydrogens is 299 g/mol. The minimum atomic E-state index is -0.226. The summed E-state index contributed by atoms with van der Waals surface area (Å²) in [6, 6.07) is 4.63. The summed E-state index contributed by atoms with van der Waals surface area (Å²) in [5.41, 5.74) is 0.854. The molecule has 1 fully saturated rings. The first-order valence-corrected chi connectivity index (χ1v) is 7.50. The maximum absolute atomic E-state index is 13.0. The van der Waals surface area contributed by atoms with Crippen molar-refractivity contribution in [1.29, 1.82) is 0 Å². The lowest BCUT2D eigenvalue weighted by molar-refractivity contribution is 0.0981. The second kappa shape index (κ2) is 7.10. The molecule has 0 N–H and O–H groups in total. The van der Waals surface area contributed by atoms with E-state index in [0.29, 0.717) is 18.0 Å². The van der Waals surface area contributed by atoms with Crippen molar-refractivity contribution in [2.45, 2.75) is 37.1 Å². The van der Waals surface area contributed by atoms with Crippen molar-refractivity contribution in [3.63, 3.8) is 0 Å². The minimum Gasteiger partial charge on any atom is -0.493 e. The van der Waals surface area contributed by atoms with Crippen LogP contribution in [0.25, 0.3) is 0 Å². The van der Waals surface area contributed by atoms with E-state index in [0.717, 1.165) is 30.8 Å². The first kappa shape index (κ1) is 13.8. The fourth-order valence-electron chi connectivity index (χ4n) is 2.16. The summed E-state index contributed by atoms with van der Waals surface area (Å²) < 4.78 is 24.3. The van der Waals surface area contributed by atoms with Gasteiger partial charge in [-0.2, -0.15) is 0 Å². The van der Waals surface area contributed by atoms with E-state index in [-0.39, 0.29) is 5.82 Å². The topological polar surface area (TPSA) is 18.5 Å². The van der Waals surface area contributed by atoms with Crippen LogP contribution in [0.3, 0.4) is 0 Å². The standard InChI is InChI=1S/C14H18BrFO2/c15-10-11-9-12(16)5-6-14(11)18-8-2-4-13-3-1-7-17-13/h5-6,9,13H,1-4,7-8,10H2. The Morgan fingerprint density at radius 3 is 3.06 bits per heavy atom. The molecule has 1 saturated heterocycles. The largest absolute Gasteiger partial charge is 0.493 e. The Hall–Kier alpha value is -0.610. The summed E-state index contributed by atoms with van der Waals surface area (Å²) in [6.45, 7) is 1.56. The molecule has 2 rings (SSSR count). The molecule has 1 aromatic rings. The fourth-order valence-corrected chi connectivity index (χ4v) is 2.60. The van der Waals surface area contributed by atoms with Crippen molar-refractivity contribution in [1.82, 2.24) is 0 Å². The summed E-state index contributed by atoms with van der Waals surface area (Å²) in [5.74, 6) is 0.539. The Morgan fingerprint density at radius 2 is 2.33 bits per heavy atom. The quantitative estimate of drug-likeness (QED) is 0.582. The molecule has 0 aromatic heterocycles. The zero-order valence-corrected chi connectivity index (χ0v) is 11.9. The zero-order chi connectivity index (χ0) is 12.8. The first-order valence-electron chi connectivity index (χ1n) is 6.38. The van der Waals surface area contributed by atoms with Gasteiger partial charge in [-0.1, -0.05) is 15.9 Å². The summed E-state index contributed by atoms with van der Waals surface area (Å²) in [6.07, 6.45) is 4.78. The van der Waals surface area contributed by atoms with Crippen molar-refractivity contribution in [3.05, 3.63) is 29.6 Å². The third-order valence-corrected chi connectivity index (χ3v) is 3.72. The molecule has 1 aliphatic rings. The Balaban J connectivity index is 1.75. The monoisotopic (exact) mass is 316 g/mol. The maximum Gasteiger partial charge on any atom is 0.123 e. The first-order chi connectivity index (χ1) is 8.79. The molecule has 0 spiro atoms. The average Bonchev–Trinajstić information content (AvgIpc) is 2.89. The highest BCUT2D eigenvalue weighted by Gasteiger charge is 2.14. The van der Waals surface area contributed by atoms with Gasteiger partial charge in [0.2, 0.25) is 0 Å². The van der Waals surface area contributed by atoms with Crippen LogP contribution in [0.2, 0.25) is 0 Å². The lowest BCUT2D eigenvalue weighted by Gasteiger charge is -2.12. The van der Waals surface area contributed by atoms with Crippen LogP contribution >= 0.6 is 15.9 Å². The van der Waals surface area contributed by atoms with Crippen LogP contribution in [-0.4, -0.2) is 19.3 Å². The van der Waals surface area contributed by atoms with E-state index in [2.05, 4.69) is 15.9 Å². The number of benzene rings is 1. The van der Waals surface area contributed by atoms with Crippen molar-refractivity contribution in [2.24, 2.45) is 0 Å². The SMILES string of the molecule is Fc1ccc(OCCCC2CCCO2)c(CBr)c1. The Bertz CT molecular complexity index is 378. The molecule has 0 amide bonds. The van der Waals surface area contributed by atoms with Gasteiger partial charge in [0.05, 0.1) is 12.7 Å². The Morgan fingerprint density at radius 1 is 1.44 bits per heavy atom. The minimum absolute atomic E-state index is 0.226. The molecular formula is C14H18BrFO2. The molecule has 1 aliphatic heterocycles. The Labute approximate surface area is 116 Å². The van der Waals surface area contributed by atoms with Crippen molar-refractivity contribution < 1.29 is 13.9 Å². The third kappa shape index (κ3) is 3.95. The van der Waals surface area contributed by atoms with Gasteiger partial charge in [0.25, 0.3) is 0 Å². The molecule has 4 heteroatoms. The van der Waals surface area contributed by atoms with Gasteiger partial charge in [0.15, 0.2) is 0 Å². The number of halogens is 2. The lowest BCUT2D eigenvalue weighted by atomic mass is 10.1. The van der Waals surface area contributed by atoms with Crippen LogP contribution in [0.5, 0.6) is 5.75 Å². The molecule has 1 heterocycles. The van der Waals surface area contributed by atoms with Gasteiger partial charge in [0.1, 0.15) is 11.6 Å². The van der Waals surface area contributed by atoms with E-state index in [1.165, 1.54) is 25.0 Å². The fraction of sp³-hybridized carbons (Fsp3) is 0.571. The van der Waals surface area contributed by atoms with Crippen molar-refractivity contribution >= 4 is 15.9 Å². The van der Waals surface area contributed by atoms with Crippen LogP contribution in [0.1, 0.15) is 31.2 Å². The van der Waals surface area contributed by atoms with Crippen molar-refractivity contribution in [3.8, 4) is 5.75 Å². The summed E-state index contributed by atoms with van der Waals surface area (Å²) in [4.78, 5) is 0. The molecule has 0 bridgehead atoms. The average molecular weight is 317 g/mol.